The second-order valence-corrected chi connectivity index (χ2v) is 14.8. The highest BCUT2D eigenvalue weighted by Gasteiger charge is 2.51. The van der Waals surface area contributed by atoms with Crippen molar-refractivity contribution < 1.29 is 24.1 Å². The van der Waals surface area contributed by atoms with Crippen molar-refractivity contribution in [3.8, 4) is 0 Å². The molecule has 2 aromatic carbocycles. The van der Waals surface area contributed by atoms with Crippen LogP contribution in [0.4, 0.5) is 4.79 Å². The van der Waals surface area contributed by atoms with E-state index in [1.54, 1.807) is 7.11 Å². The molecule has 0 radical (unpaired) electrons. The number of aliphatic hydroxyl groups excluding tert-OH is 1. The van der Waals surface area contributed by atoms with E-state index in [2.05, 4.69) is 58.9 Å². The Bertz CT molecular complexity index is 1260. The fourth-order valence-corrected chi connectivity index (χ4v) is 9.60. The van der Waals surface area contributed by atoms with Crippen LogP contribution in [0.15, 0.2) is 48.5 Å². The Morgan fingerprint density at radius 1 is 0.956 bits per heavy atom. The second kappa shape index (κ2) is 13.3. The molecular formula is C37H51N3O5. The molecule has 2 amide bonds. The maximum Gasteiger partial charge on any atom is 0.315 e. The van der Waals surface area contributed by atoms with Crippen molar-refractivity contribution in [3.05, 3.63) is 70.8 Å². The zero-order valence-corrected chi connectivity index (χ0v) is 27.0. The smallest absolute Gasteiger partial charge is 0.315 e. The van der Waals surface area contributed by atoms with Gasteiger partial charge >= 0.3 is 6.03 Å². The highest BCUT2D eigenvalue weighted by molar-refractivity contribution is 5.75. The number of carbonyl (C=O) groups excluding carboxylic acids is 1. The van der Waals surface area contributed by atoms with Crippen LogP contribution >= 0.6 is 0 Å². The highest BCUT2D eigenvalue weighted by Crippen LogP contribution is 2.55. The van der Waals surface area contributed by atoms with E-state index >= 15 is 0 Å². The first kappa shape index (κ1) is 31.1. The molecule has 4 aliphatic carbocycles. The fraction of sp³-hybridized carbons (Fsp3) is 0.649. The van der Waals surface area contributed by atoms with E-state index in [1.807, 2.05) is 12.1 Å². The molecule has 6 fully saturated rings. The first-order chi connectivity index (χ1) is 21.9. The molecule has 4 saturated carbocycles. The molecule has 244 valence electrons. The van der Waals surface area contributed by atoms with E-state index in [1.165, 1.54) is 25.7 Å². The van der Waals surface area contributed by atoms with Gasteiger partial charge in [-0.2, -0.15) is 0 Å². The summed E-state index contributed by atoms with van der Waals surface area (Å²) < 4.78 is 18.9. The van der Waals surface area contributed by atoms with Gasteiger partial charge < -0.3 is 30.0 Å². The van der Waals surface area contributed by atoms with Gasteiger partial charge in [-0.25, -0.2) is 4.79 Å². The fourth-order valence-electron chi connectivity index (χ4n) is 9.60. The molecule has 8 heteroatoms. The minimum atomic E-state index is -0.501. The summed E-state index contributed by atoms with van der Waals surface area (Å²) in [5.74, 6) is 2.55. The molecule has 3 N–H and O–H groups in total. The number of amides is 2. The van der Waals surface area contributed by atoms with Gasteiger partial charge in [0.2, 0.25) is 0 Å². The number of aliphatic hydroxyl groups is 1. The summed E-state index contributed by atoms with van der Waals surface area (Å²) in [4.78, 5) is 15.5. The summed E-state index contributed by atoms with van der Waals surface area (Å²) in [5.41, 5.74) is 4.02. The van der Waals surface area contributed by atoms with Crippen LogP contribution in [-0.4, -0.2) is 60.5 Å². The standard InChI is InChI=1S/C37H51N3O5/c1-24-33(21-40-13-3-4-32(40)23-43-2)44-35(45-34(24)30-9-7-26(22-41)8-10-30)31-11-5-25(6-12-31)20-38-36(42)39-37-17-27-14-28(18-37)16-29(15-27)19-37/h5-12,24,27-29,32-35,41H,3-4,13-23H2,1-2H3,(H2,38,39,42). The summed E-state index contributed by atoms with van der Waals surface area (Å²) >= 11 is 0. The molecule has 2 aliphatic heterocycles. The Labute approximate surface area is 268 Å². The average Bonchev–Trinajstić information content (AvgIpc) is 3.47. The Kier molecular flexibility index (Phi) is 9.21. The van der Waals surface area contributed by atoms with Gasteiger partial charge in [-0.05, 0) is 92.4 Å². The van der Waals surface area contributed by atoms with Gasteiger partial charge in [0.15, 0.2) is 6.29 Å². The molecule has 8 nitrogen and oxygen atoms in total. The number of nitrogens with one attached hydrogen (secondary N) is 2. The van der Waals surface area contributed by atoms with Crippen molar-refractivity contribution in [3.63, 3.8) is 0 Å². The van der Waals surface area contributed by atoms with E-state index in [0.717, 1.165) is 85.4 Å². The summed E-state index contributed by atoms with van der Waals surface area (Å²) in [6.45, 7) is 5.36. The second-order valence-electron chi connectivity index (χ2n) is 14.8. The molecule has 2 aromatic rings. The molecule has 2 heterocycles. The minimum absolute atomic E-state index is 0.0135. The van der Waals surface area contributed by atoms with E-state index in [9.17, 15) is 9.90 Å². The predicted octanol–water partition coefficient (Wildman–Crippen LogP) is 5.85. The lowest BCUT2D eigenvalue weighted by molar-refractivity contribution is -0.276. The number of methoxy groups -OCH3 is 1. The van der Waals surface area contributed by atoms with Crippen LogP contribution in [-0.2, 0) is 27.4 Å². The maximum absolute atomic E-state index is 13.0. The van der Waals surface area contributed by atoms with Crippen molar-refractivity contribution in [2.75, 3.05) is 26.8 Å². The van der Waals surface area contributed by atoms with Crippen LogP contribution in [0, 0.1) is 23.7 Å². The van der Waals surface area contributed by atoms with Gasteiger partial charge in [0.25, 0.3) is 0 Å². The Morgan fingerprint density at radius 3 is 2.24 bits per heavy atom. The number of rotatable bonds is 10. The summed E-state index contributed by atoms with van der Waals surface area (Å²) in [6, 6.07) is 16.7. The third kappa shape index (κ3) is 6.82. The monoisotopic (exact) mass is 617 g/mol. The zero-order chi connectivity index (χ0) is 31.0. The minimum Gasteiger partial charge on any atom is -0.392 e. The molecule has 0 aromatic heterocycles. The summed E-state index contributed by atoms with van der Waals surface area (Å²) in [5, 5.41) is 16.1. The summed E-state index contributed by atoms with van der Waals surface area (Å²) in [7, 11) is 1.78. The number of likely N-dealkylation sites (tertiary alicyclic amines) is 1. The van der Waals surface area contributed by atoms with E-state index < -0.39 is 6.29 Å². The average molecular weight is 618 g/mol. The van der Waals surface area contributed by atoms with E-state index in [4.69, 9.17) is 14.2 Å². The number of hydrogen-bond acceptors (Lipinski definition) is 6. The van der Waals surface area contributed by atoms with Crippen molar-refractivity contribution in [2.24, 2.45) is 23.7 Å². The number of benzene rings is 2. The number of urea groups is 1. The Morgan fingerprint density at radius 2 is 1.60 bits per heavy atom. The molecule has 4 bridgehead atoms. The van der Waals surface area contributed by atoms with Crippen molar-refractivity contribution in [1.29, 1.82) is 0 Å². The topological polar surface area (TPSA) is 92.3 Å². The molecule has 6 aliphatic rings. The van der Waals surface area contributed by atoms with Gasteiger partial charge in [-0.1, -0.05) is 55.5 Å². The van der Waals surface area contributed by atoms with Crippen LogP contribution in [0.3, 0.4) is 0 Å². The first-order valence-corrected chi connectivity index (χ1v) is 17.3. The van der Waals surface area contributed by atoms with Crippen LogP contribution < -0.4 is 10.6 Å². The van der Waals surface area contributed by atoms with E-state index in [-0.39, 0.29) is 36.3 Å². The van der Waals surface area contributed by atoms with Crippen molar-refractivity contribution in [2.45, 2.75) is 102 Å². The van der Waals surface area contributed by atoms with Crippen molar-refractivity contribution in [1.82, 2.24) is 15.5 Å². The SMILES string of the molecule is COCC1CCCN1CC1OC(c2ccc(CNC(=O)NC34CC5CC(CC(C5)C3)C4)cc2)OC(c2ccc(CO)cc2)C1C. The lowest BCUT2D eigenvalue weighted by Crippen LogP contribution is -2.61. The predicted molar refractivity (Wildman–Crippen MR) is 172 cm³/mol. The highest BCUT2D eigenvalue weighted by atomic mass is 16.7. The first-order valence-electron chi connectivity index (χ1n) is 17.3. The normalized spacial score (nSPS) is 35.9. The van der Waals surface area contributed by atoms with Gasteiger partial charge in [0.05, 0.1) is 25.4 Å². The van der Waals surface area contributed by atoms with E-state index in [0.29, 0.717) is 12.6 Å². The maximum atomic E-state index is 13.0. The Hall–Kier alpha value is -2.49. The lowest BCUT2D eigenvalue weighted by Gasteiger charge is -2.56. The van der Waals surface area contributed by atoms with Crippen LogP contribution in [0.25, 0.3) is 0 Å². The molecule has 5 unspecified atom stereocenters. The lowest BCUT2D eigenvalue weighted by atomic mass is 9.53. The largest absolute Gasteiger partial charge is 0.392 e. The van der Waals surface area contributed by atoms with Crippen LogP contribution in [0.5, 0.6) is 0 Å². The van der Waals surface area contributed by atoms with Crippen LogP contribution in [0.2, 0.25) is 0 Å². The summed E-state index contributed by atoms with van der Waals surface area (Å²) in [6.07, 6.45) is 9.23. The van der Waals surface area contributed by atoms with Crippen LogP contribution in [0.1, 0.15) is 92.9 Å². The molecule has 2 saturated heterocycles. The van der Waals surface area contributed by atoms with Gasteiger partial charge in [-0.15, -0.1) is 0 Å². The van der Waals surface area contributed by atoms with Gasteiger partial charge in [0, 0.05) is 43.3 Å². The van der Waals surface area contributed by atoms with Gasteiger partial charge in [-0.3, -0.25) is 4.90 Å². The number of hydrogen-bond donors (Lipinski definition) is 3. The number of nitrogens with zero attached hydrogens (tertiary/aromatic N) is 1. The number of carbonyl (C=O) groups is 1. The molecule has 0 spiro atoms. The quantitative estimate of drug-likeness (QED) is 0.310. The number of ether oxygens (including phenoxy) is 3. The zero-order valence-electron chi connectivity index (χ0n) is 27.0. The third-order valence-corrected chi connectivity index (χ3v) is 11.5. The van der Waals surface area contributed by atoms with Crippen molar-refractivity contribution >= 4 is 6.03 Å². The molecular weight excluding hydrogens is 566 g/mol. The molecule has 45 heavy (non-hydrogen) atoms. The molecule has 8 rings (SSSR count). The Balaban J connectivity index is 1.01. The third-order valence-electron chi connectivity index (χ3n) is 11.5. The van der Waals surface area contributed by atoms with Gasteiger partial charge in [0.1, 0.15) is 0 Å². The molecule has 5 atom stereocenters.